The highest BCUT2D eigenvalue weighted by Crippen LogP contribution is 2.51. The average molecular weight is 1160 g/mol. The Kier molecular flexibility index (Phi) is 24.9. The van der Waals surface area contributed by atoms with Crippen molar-refractivity contribution < 1.29 is 76.3 Å². The minimum Gasteiger partial charge on any atom is -0.466 e. The Balaban J connectivity index is 1.88. The number of ether oxygens (including phenoxy) is 8. The fourth-order valence-electron chi connectivity index (χ4n) is 7.56. The fourth-order valence-corrected chi connectivity index (χ4v) is 9.06. The Labute approximate surface area is 456 Å². The number of esters is 4. The molecule has 26 heteroatoms. The zero-order valence-corrected chi connectivity index (χ0v) is 45.5. The molecule has 404 valence electrons. The first kappa shape index (κ1) is 61.6. The van der Waals surface area contributed by atoms with Gasteiger partial charge in [-0.1, -0.05) is 69.6 Å². The Morgan fingerprint density at radius 3 is 1.18 bits per heavy atom. The SMILES string of the molecule is CCOC(=O)C1=C(COCCOCCN)N(OC(=O)/C=C/C(=O)ON2C(C)=C(C(=O)OC)[C@H](c3c(Cl)ccc(Cl)c3Cl)C(C(=O)OCC)=C2COCCOCCN)C(C)=C(C(=O)OC)[C@@H]1c1c(Cl)ccc(Cl)c1Cl. The molecule has 2 aliphatic heterocycles. The third-order valence-electron chi connectivity index (χ3n) is 10.7. The molecular formula is C48H54Cl6N4O16. The minimum absolute atomic E-state index is 0.00777. The molecule has 0 aromatic heterocycles. The average Bonchev–Trinajstić information content (AvgIpc) is 3.37. The molecule has 4 N–H and O–H groups in total. The van der Waals surface area contributed by atoms with Crippen molar-refractivity contribution in [3.05, 3.63) is 123 Å². The van der Waals surface area contributed by atoms with Crippen LogP contribution in [0.5, 0.6) is 0 Å². The number of hydroxylamine groups is 4. The molecule has 2 heterocycles. The number of hydrogen-bond acceptors (Lipinski definition) is 20. The Bertz CT molecular complexity index is 2430. The van der Waals surface area contributed by atoms with Crippen LogP contribution in [0.2, 0.25) is 30.1 Å². The largest absolute Gasteiger partial charge is 0.466 e. The molecule has 0 bridgehead atoms. The van der Waals surface area contributed by atoms with Crippen molar-refractivity contribution in [3.63, 3.8) is 0 Å². The molecular weight excluding hydrogens is 1100 g/mol. The molecule has 0 unspecified atom stereocenters. The summed E-state index contributed by atoms with van der Waals surface area (Å²) in [5, 5.41) is 1.42. The van der Waals surface area contributed by atoms with Crippen molar-refractivity contribution in [2.75, 3.05) is 93.4 Å². The van der Waals surface area contributed by atoms with E-state index in [1.54, 1.807) is 0 Å². The number of carbonyl (C=O) groups excluding carboxylic acids is 6. The lowest BCUT2D eigenvalue weighted by molar-refractivity contribution is -0.173. The van der Waals surface area contributed by atoms with Gasteiger partial charge >= 0.3 is 35.8 Å². The maximum Gasteiger partial charge on any atom is 0.356 e. The second-order valence-corrected chi connectivity index (χ2v) is 17.6. The van der Waals surface area contributed by atoms with Crippen LogP contribution in [-0.4, -0.2) is 139 Å². The number of halogens is 6. The topological polar surface area (TPSA) is 253 Å². The molecule has 0 radical (unpaired) electrons. The van der Waals surface area contributed by atoms with Gasteiger partial charge in [-0.15, -0.1) is 0 Å². The van der Waals surface area contributed by atoms with Gasteiger partial charge in [-0.05, 0) is 52.0 Å². The van der Waals surface area contributed by atoms with E-state index in [1.165, 1.54) is 52.0 Å². The molecule has 74 heavy (non-hydrogen) atoms. The summed E-state index contributed by atoms with van der Waals surface area (Å²) in [4.78, 5) is 95.5. The molecule has 2 aliphatic rings. The van der Waals surface area contributed by atoms with Gasteiger partial charge in [-0.3, -0.25) is 0 Å². The summed E-state index contributed by atoms with van der Waals surface area (Å²) in [5.41, 5.74) is 9.28. The summed E-state index contributed by atoms with van der Waals surface area (Å²) < 4.78 is 43.9. The Morgan fingerprint density at radius 2 is 0.851 bits per heavy atom. The van der Waals surface area contributed by atoms with E-state index >= 15 is 0 Å². The van der Waals surface area contributed by atoms with E-state index in [-0.39, 0.29) is 152 Å². The van der Waals surface area contributed by atoms with E-state index < -0.39 is 60.9 Å². The number of rotatable bonds is 26. The lowest BCUT2D eigenvalue weighted by Crippen LogP contribution is -2.39. The van der Waals surface area contributed by atoms with Gasteiger partial charge < -0.3 is 59.0 Å². The first-order chi connectivity index (χ1) is 35.4. The van der Waals surface area contributed by atoms with Crippen LogP contribution in [0, 0.1) is 0 Å². The van der Waals surface area contributed by atoms with Crippen LogP contribution in [-0.2, 0) is 76.3 Å². The number of benzene rings is 2. The zero-order chi connectivity index (χ0) is 54.8. The number of nitrogens with two attached hydrogens (primary N) is 2. The molecule has 0 aliphatic carbocycles. The number of carbonyl (C=O) groups is 6. The number of methoxy groups -OCH3 is 2. The second-order valence-electron chi connectivity index (χ2n) is 15.2. The predicted molar refractivity (Wildman–Crippen MR) is 272 cm³/mol. The number of allylic oxidation sites excluding steroid dienone is 2. The van der Waals surface area contributed by atoms with Crippen LogP contribution in [0.1, 0.15) is 50.7 Å². The summed E-state index contributed by atoms with van der Waals surface area (Å²) in [5.74, 6) is -9.49. The van der Waals surface area contributed by atoms with Crippen molar-refractivity contribution in [1.29, 1.82) is 0 Å². The van der Waals surface area contributed by atoms with Gasteiger partial charge in [0.2, 0.25) is 0 Å². The van der Waals surface area contributed by atoms with Gasteiger partial charge in [-0.25, -0.2) is 28.8 Å². The van der Waals surface area contributed by atoms with Crippen LogP contribution in [0.15, 0.2) is 81.5 Å². The lowest BCUT2D eigenvalue weighted by Gasteiger charge is -2.37. The summed E-state index contributed by atoms with van der Waals surface area (Å²) in [6, 6.07) is 5.63. The molecule has 20 nitrogen and oxygen atoms in total. The quantitative estimate of drug-likeness (QED) is 0.0313. The number of nitrogens with zero attached hydrogens (tertiary/aromatic N) is 2. The lowest BCUT2D eigenvalue weighted by atomic mass is 9.80. The summed E-state index contributed by atoms with van der Waals surface area (Å²) >= 11 is 39.9. The molecule has 0 spiro atoms. The fraction of sp³-hybridized carbons (Fsp3) is 0.417. The van der Waals surface area contributed by atoms with Gasteiger partial charge in [0, 0.05) is 46.4 Å². The Hall–Kier alpha value is -4.94. The van der Waals surface area contributed by atoms with Crippen molar-refractivity contribution in [2.24, 2.45) is 11.5 Å². The summed E-state index contributed by atoms with van der Waals surface area (Å²) in [7, 11) is 2.16. The maximum absolute atomic E-state index is 14.2. The van der Waals surface area contributed by atoms with Gasteiger partial charge in [0.25, 0.3) is 0 Å². The molecule has 2 aromatic rings. The molecule has 0 saturated heterocycles. The van der Waals surface area contributed by atoms with Gasteiger partial charge in [0.05, 0.1) is 157 Å². The van der Waals surface area contributed by atoms with Gasteiger partial charge in [0.1, 0.15) is 0 Å². The van der Waals surface area contributed by atoms with Crippen LogP contribution in [0.4, 0.5) is 0 Å². The van der Waals surface area contributed by atoms with Crippen molar-refractivity contribution in [3.8, 4) is 0 Å². The molecule has 2 aromatic carbocycles. The van der Waals surface area contributed by atoms with Crippen LogP contribution in [0.3, 0.4) is 0 Å². The minimum atomic E-state index is -1.45. The molecule has 4 rings (SSSR count). The monoisotopic (exact) mass is 1150 g/mol. The van der Waals surface area contributed by atoms with Gasteiger partial charge in [0.15, 0.2) is 0 Å². The van der Waals surface area contributed by atoms with E-state index in [0.29, 0.717) is 12.2 Å². The van der Waals surface area contributed by atoms with Gasteiger partial charge in [-0.2, -0.15) is 10.1 Å². The molecule has 0 amide bonds. The highest BCUT2D eigenvalue weighted by molar-refractivity contribution is 6.45. The third-order valence-corrected chi connectivity index (χ3v) is 13.0. The zero-order valence-electron chi connectivity index (χ0n) is 41.0. The maximum atomic E-state index is 14.2. The van der Waals surface area contributed by atoms with E-state index in [4.69, 9.17) is 129 Å². The highest BCUT2D eigenvalue weighted by Gasteiger charge is 2.47. The number of hydrogen-bond donors (Lipinski definition) is 2. The first-order valence-electron chi connectivity index (χ1n) is 22.4. The standard InChI is InChI=1S/C48H54Cl6N4O16/c1-7-71-47(63)39-31(23-69-21-19-67-17-15-55)57(25(3)35(45(61)65-5)41(39)37-27(49)9-11-29(51)43(37)53)73-33(59)13-14-34(60)74-58-26(4)36(46(62)66-6)42(38-28(50)10-12-30(52)44(38)54)40(48(64)72-8-2)32(58)24-70-22-20-68-18-16-56/h9-14,41-42H,7-8,15-24,55-56H2,1-6H3/b14-13+/t41-,42-/m1/s1. The normalized spacial score (nSPS) is 16.0. The van der Waals surface area contributed by atoms with Crippen LogP contribution < -0.4 is 11.5 Å². The van der Waals surface area contributed by atoms with E-state index in [0.717, 1.165) is 24.3 Å². The third kappa shape index (κ3) is 14.9. The summed E-state index contributed by atoms with van der Waals surface area (Å²) in [6.45, 7) is 5.40. The molecule has 0 saturated carbocycles. The van der Waals surface area contributed by atoms with Crippen LogP contribution in [0.25, 0.3) is 0 Å². The first-order valence-corrected chi connectivity index (χ1v) is 24.7. The summed E-state index contributed by atoms with van der Waals surface area (Å²) in [6.07, 6.45) is 1.29. The second kappa shape index (κ2) is 30.0. The predicted octanol–water partition coefficient (Wildman–Crippen LogP) is 7.09. The Morgan fingerprint density at radius 1 is 0.514 bits per heavy atom. The molecule has 0 fully saturated rings. The smallest absolute Gasteiger partial charge is 0.356 e. The van der Waals surface area contributed by atoms with Crippen molar-refractivity contribution >= 4 is 105 Å². The van der Waals surface area contributed by atoms with E-state index in [2.05, 4.69) is 0 Å². The van der Waals surface area contributed by atoms with Crippen molar-refractivity contribution in [1.82, 2.24) is 10.1 Å². The van der Waals surface area contributed by atoms with Crippen LogP contribution >= 0.6 is 69.6 Å². The van der Waals surface area contributed by atoms with Crippen molar-refractivity contribution in [2.45, 2.75) is 39.5 Å². The molecule has 2 atom stereocenters. The van der Waals surface area contributed by atoms with E-state index in [9.17, 15) is 28.8 Å². The highest BCUT2D eigenvalue weighted by atomic mass is 35.5. The van der Waals surface area contributed by atoms with E-state index in [1.807, 2.05) is 0 Å².